The van der Waals surface area contributed by atoms with Gasteiger partial charge in [0.2, 0.25) is 0 Å². The summed E-state index contributed by atoms with van der Waals surface area (Å²) in [4.78, 5) is 33.5. The highest BCUT2D eigenvalue weighted by molar-refractivity contribution is 7.17. The van der Waals surface area contributed by atoms with Crippen molar-refractivity contribution >= 4 is 57.5 Å². The number of nitrogens with zero attached hydrogens (tertiary/aromatic N) is 4. The van der Waals surface area contributed by atoms with Crippen LogP contribution in [0.25, 0.3) is 44.2 Å². The molecule has 0 amide bonds. The highest BCUT2D eigenvalue weighted by Gasteiger charge is 2.53. The molecule has 7 aromatic carbocycles. The SMILES string of the molecule is CCCCCCc1ccc(C2(c3ccc(CCCCCC)cc3)c3cc4c(cc3-c3sc(C=C5C(=O)c6ccccc6C5=C(C#N)C#N)cc32)C(c2ccc(CCCCCC)cc2)(c2ccc(CCCCCC)cc2)c2cc(C=C3C(=O)c5ccccc5C3=C(C#N)C#N)sc2-4)cc1. The van der Waals surface area contributed by atoms with Gasteiger partial charge in [0.15, 0.2) is 11.6 Å². The molecule has 0 saturated heterocycles. The van der Waals surface area contributed by atoms with E-state index in [1.165, 1.54) is 99.3 Å². The summed E-state index contributed by atoms with van der Waals surface area (Å²) in [6, 6.07) is 70.3. The lowest BCUT2D eigenvalue weighted by Gasteiger charge is -2.35. The molecule has 0 bridgehead atoms. The fourth-order valence-electron chi connectivity index (χ4n) is 16.1. The van der Waals surface area contributed by atoms with Crippen LogP contribution in [-0.2, 0) is 36.5 Å². The first-order valence-corrected chi connectivity index (χ1v) is 37.4. The number of hydrogen-bond acceptors (Lipinski definition) is 8. The minimum absolute atomic E-state index is 0.0957. The van der Waals surface area contributed by atoms with Crippen molar-refractivity contribution < 1.29 is 9.59 Å². The average Bonchev–Trinajstić information content (AvgIpc) is 1.50. The molecule has 4 aliphatic carbocycles. The first-order chi connectivity index (χ1) is 48.1. The minimum atomic E-state index is -0.890. The molecule has 0 unspecified atom stereocenters. The lowest BCUT2D eigenvalue weighted by atomic mass is 9.65. The van der Waals surface area contributed by atoms with Crippen LogP contribution in [0.4, 0.5) is 0 Å². The van der Waals surface area contributed by atoms with Gasteiger partial charge in [-0.05, 0) is 177 Å². The summed E-state index contributed by atoms with van der Waals surface area (Å²) < 4.78 is 0. The first kappa shape index (κ1) is 66.8. The van der Waals surface area contributed by atoms with Gasteiger partial charge in [0, 0.05) is 52.9 Å². The maximum absolute atomic E-state index is 14.8. The number of allylic oxidation sites excluding steroid dienone is 6. The molecule has 0 fully saturated rings. The van der Waals surface area contributed by atoms with Crippen molar-refractivity contribution in [1.29, 1.82) is 21.0 Å². The molecule has 0 spiro atoms. The number of rotatable bonds is 26. The van der Waals surface area contributed by atoms with Gasteiger partial charge in [-0.15, -0.1) is 22.7 Å². The fraction of sp³-hybridized carbons (Fsp3) is 0.289. The summed E-state index contributed by atoms with van der Waals surface area (Å²) in [5, 5.41) is 42.1. The van der Waals surface area contributed by atoms with Crippen LogP contribution < -0.4 is 0 Å². The van der Waals surface area contributed by atoms with E-state index in [2.05, 4.69) is 173 Å². The smallest absolute Gasteiger partial charge is 0.194 e. The van der Waals surface area contributed by atoms with Crippen molar-refractivity contribution in [1.82, 2.24) is 0 Å². The number of nitriles is 4. The van der Waals surface area contributed by atoms with Crippen molar-refractivity contribution in [3.05, 3.63) is 291 Å². The molecule has 486 valence electrons. The molecule has 4 aliphatic rings. The largest absolute Gasteiger partial charge is 0.289 e. The number of aryl methyl sites for hydroxylation is 4. The van der Waals surface area contributed by atoms with Crippen molar-refractivity contribution in [2.24, 2.45) is 0 Å². The van der Waals surface area contributed by atoms with E-state index >= 15 is 0 Å². The van der Waals surface area contributed by atoms with Crippen molar-refractivity contribution in [3.63, 3.8) is 0 Å². The van der Waals surface area contributed by atoms with E-state index in [9.17, 15) is 30.6 Å². The Morgan fingerprint density at radius 1 is 0.347 bits per heavy atom. The highest BCUT2D eigenvalue weighted by atomic mass is 32.1. The Kier molecular flexibility index (Phi) is 20.1. The molecule has 9 aromatic rings. The Balaban J connectivity index is 1.11. The van der Waals surface area contributed by atoms with Crippen molar-refractivity contribution in [2.75, 3.05) is 0 Å². The van der Waals surface area contributed by atoms with Gasteiger partial charge in [-0.3, -0.25) is 9.59 Å². The maximum Gasteiger partial charge on any atom is 0.194 e. The predicted molar refractivity (Wildman–Crippen MR) is 402 cm³/mol. The summed E-state index contributed by atoms with van der Waals surface area (Å²) in [5.41, 5.74) is 17.9. The first-order valence-electron chi connectivity index (χ1n) is 35.8. The van der Waals surface area contributed by atoms with E-state index in [4.69, 9.17) is 0 Å². The molecule has 0 atom stereocenters. The molecule has 2 heterocycles. The number of thiophene rings is 2. The zero-order valence-corrected chi connectivity index (χ0v) is 58.5. The summed E-state index contributed by atoms with van der Waals surface area (Å²) in [6.07, 6.45) is 26.4. The van der Waals surface area contributed by atoms with Crippen LogP contribution in [0.3, 0.4) is 0 Å². The van der Waals surface area contributed by atoms with E-state index in [0.29, 0.717) is 44.5 Å². The molecule has 0 aliphatic heterocycles. The monoisotopic (exact) mass is 1310 g/mol. The summed E-state index contributed by atoms with van der Waals surface area (Å²) >= 11 is 3.31. The minimum Gasteiger partial charge on any atom is -0.289 e. The number of Topliss-reactive ketones (excluding diaryl/α,β-unsaturated/α-hetero) is 2. The number of carbonyl (C=O) groups excluding carboxylic acids is 2. The number of carbonyl (C=O) groups is 2. The van der Waals surface area contributed by atoms with Crippen LogP contribution in [0.15, 0.2) is 192 Å². The Morgan fingerprint density at radius 2 is 0.633 bits per heavy atom. The molecule has 8 heteroatoms. The van der Waals surface area contributed by atoms with Gasteiger partial charge in [0.05, 0.1) is 10.8 Å². The second kappa shape index (κ2) is 29.5. The zero-order valence-electron chi connectivity index (χ0n) is 56.9. The topological polar surface area (TPSA) is 129 Å². The Labute approximate surface area is 587 Å². The lowest BCUT2D eigenvalue weighted by Crippen LogP contribution is -2.30. The Bertz CT molecular complexity index is 4410. The third kappa shape index (κ3) is 12.0. The van der Waals surface area contributed by atoms with Crippen LogP contribution >= 0.6 is 22.7 Å². The quantitative estimate of drug-likeness (QED) is 0.0302. The van der Waals surface area contributed by atoms with Crippen molar-refractivity contribution in [3.8, 4) is 45.2 Å². The second-order valence-corrected chi connectivity index (χ2v) is 29.2. The fourth-order valence-corrected chi connectivity index (χ4v) is 18.5. The molecule has 0 N–H and O–H groups in total. The van der Waals surface area contributed by atoms with E-state index in [1.807, 2.05) is 48.6 Å². The van der Waals surface area contributed by atoms with Gasteiger partial charge in [0.1, 0.15) is 35.4 Å². The summed E-state index contributed by atoms with van der Waals surface area (Å²) in [7, 11) is 0. The van der Waals surface area contributed by atoms with Crippen LogP contribution in [-0.4, -0.2) is 11.6 Å². The number of fused-ring (bicyclic) bond motifs is 8. The molecular weight excluding hydrogens is 1230 g/mol. The highest BCUT2D eigenvalue weighted by Crippen LogP contribution is 2.66. The zero-order chi connectivity index (χ0) is 67.9. The predicted octanol–water partition coefficient (Wildman–Crippen LogP) is 23.2. The molecule has 98 heavy (non-hydrogen) atoms. The van der Waals surface area contributed by atoms with Gasteiger partial charge >= 0.3 is 0 Å². The van der Waals surface area contributed by atoms with Crippen molar-refractivity contribution in [2.45, 2.75) is 167 Å². The van der Waals surface area contributed by atoms with Crippen LogP contribution in [0.5, 0.6) is 0 Å². The summed E-state index contributed by atoms with van der Waals surface area (Å²) in [5.74, 6) is -0.425. The molecular formula is C90H82N4O2S2. The van der Waals surface area contributed by atoms with E-state index in [1.54, 1.807) is 34.8 Å². The number of hydrogen-bond donors (Lipinski definition) is 0. The second-order valence-electron chi connectivity index (χ2n) is 27.1. The van der Waals surface area contributed by atoms with E-state index in [-0.39, 0.29) is 22.7 Å². The lowest BCUT2D eigenvalue weighted by molar-refractivity contribution is 0.103. The van der Waals surface area contributed by atoms with E-state index in [0.717, 1.165) is 127 Å². The van der Waals surface area contributed by atoms with Gasteiger partial charge < -0.3 is 0 Å². The van der Waals surface area contributed by atoms with Gasteiger partial charge in [-0.2, -0.15) is 21.0 Å². The average molecular weight is 1320 g/mol. The van der Waals surface area contributed by atoms with Gasteiger partial charge in [-0.1, -0.05) is 250 Å². The number of benzene rings is 7. The molecule has 13 rings (SSSR count). The third-order valence-corrected chi connectivity index (χ3v) is 23.3. The van der Waals surface area contributed by atoms with Gasteiger partial charge in [-0.25, -0.2) is 0 Å². The Hall–Kier alpha value is -9.80. The van der Waals surface area contributed by atoms with E-state index < -0.39 is 10.8 Å². The van der Waals surface area contributed by atoms with Crippen LogP contribution in [0.2, 0.25) is 0 Å². The standard InChI is InChI=1S/C90H82N4O2S2/c1-5-9-13-17-25-59-33-41-65(42-34-59)89(66-43-35-60(36-44-66)26-18-14-10-6-2)79-53-76-80(54-75(79)87-81(89)51-69(97-87)49-77-83(63(55-91)56-92)71-29-21-23-31-73(71)85(77)95)90(67-45-37-61(38-46-67)27-19-15-11-7-3,68-47-39-62(40-48-68)28-20-16-12-8-4)82-52-70(98-88(76)82)50-78-84(64(57-93)58-94)72-30-22-24-32-74(72)86(78)96/h21-24,29-54H,5-20,25-28H2,1-4H3. The third-order valence-electron chi connectivity index (χ3n) is 21.0. The normalized spacial score (nSPS) is 14.9. The van der Waals surface area contributed by atoms with Crippen LogP contribution in [0, 0.1) is 45.3 Å². The molecule has 0 radical (unpaired) electrons. The number of ketones is 2. The summed E-state index contributed by atoms with van der Waals surface area (Å²) in [6.45, 7) is 9.02. The molecule has 0 saturated carbocycles. The number of unbranched alkanes of at least 4 members (excludes halogenated alkanes) is 12. The van der Waals surface area contributed by atoms with Gasteiger partial charge in [0.25, 0.3) is 0 Å². The van der Waals surface area contributed by atoms with Crippen LogP contribution in [0.1, 0.15) is 239 Å². The molecule has 6 nitrogen and oxygen atoms in total. The Morgan fingerprint density at radius 3 is 0.908 bits per heavy atom. The molecule has 2 aromatic heterocycles. The maximum atomic E-state index is 14.8.